The largest absolute Gasteiger partial charge is 0.0843 e. The summed E-state index contributed by atoms with van der Waals surface area (Å²) in [5, 5.41) is 3.52. The number of fused-ring (bicyclic) bond motifs is 1. The molecule has 0 unspecified atom stereocenters. The number of hydrogen-bond donors (Lipinski definition) is 0. The quantitative estimate of drug-likeness (QED) is 0.620. The van der Waals surface area contributed by atoms with Gasteiger partial charge in [-0.2, -0.15) is 0 Å². The molecule has 0 atom stereocenters. The van der Waals surface area contributed by atoms with Gasteiger partial charge in [0.15, 0.2) is 0 Å². The highest BCUT2D eigenvalue weighted by Gasteiger charge is 2.01. The van der Waals surface area contributed by atoms with Crippen LogP contribution < -0.4 is 0 Å². The van der Waals surface area contributed by atoms with Crippen molar-refractivity contribution in [3.05, 3.63) is 45.4 Å². The molecule has 0 heterocycles. The molecule has 3 heteroatoms. The fourth-order valence-corrected chi connectivity index (χ4v) is 1.88. The summed E-state index contributed by atoms with van der Waals surface area (Å²) in [6.45, 7) is 0. The van der Waals surface area contributed by atoms with Gasteiger partial charge >= 0.3 is 0 Å². The predicted octanol–water partition coefficient (Wildman–Crippen LogP) is 4.60. The van der Waals surface area contributed by atoms with Crippen LogP contribution >= 0.6 is 34.8 Å². The third-order valence-electron chi connectivity index (χ3n) is 1.75. The van der Waals surface area contributed by atoms with Crippen molar-refractivity contribution in [2.24, 2.45) is 0 Å². The Kier molecular flexibility index (Phi) is 2.37. The summed E-state index contributed by atoms with van der Waals surface area (Å²) in [6.07, 6.45) is 0. The van der Waals surface area contributed by atoms with E-state index in [0.717, 1.165) is 10.8 Å². The molecule has 0 aromatic heterocycles. The third kappa shape index (κ3) is 1.76. The van der Waals surface area contributed by atoms with E-state index in [4.69, 9.17) is 34.8 Å². The van der Waals surface area contributed by atoms with E-state index in [2.05, 4.69) is 6.07 Å². The molecule has 0 spiro atoms. The molecule has 1 radical (unpaired) electrons. The van der Waals surface area contributed by atoms with Crippen LogP contribution in [0.1, 0.15) is 0 Å². The molecule has 0 N–H and O–H groups in total. The molecule has 2 aromatic carbocycles. The van der Waals surface area contributed by atoms with Gasteiger partial charge in [0.25, 0.3) is 0 Å². The minimum absolute atomic E-state index is 0.514. The van der Waals surface area contributed by atoms with E-state index in [1.165, 1.54) is 0 Å². The smallest absolute Gasteiger partial charge is 0.0506 e. The van der Waals surface area contributed by atoms with Gasteiger partial charge < -0.3 is 0 Å². The van der Waals surface area contributed by atoms with Gasteiger partial charge in [-0.3, -0.25) is 0 Å². The zero-order valence-corrected chi connectivity index (χ0v) is 8.71. The molecule has 2 aromatic rings. The molecule has 13 heavy (non-hydrogen) atoms. The van der Waals surface area contributed by atoms with E-state index in [-0.39, 0.29) is 0 Å². The van der Waals surface area contributed by atoms with Crippen molar-refractivity contribution in [3.63, 3.8) is 0 Å². The highest BCUT2D eigenvalue weighted by molar-refractivity contribution is 6.39. The highest BCUT2D eigenvalue weighted by Crippen LogP contribution is 2.29. The molecule has 0 fully saturated rings. The lowest BCUT2D eigenvalue weighted by molar-refractivity contribution is 1.73. The van der Waals surface area contributed by atoms with Crippen LogP contribution in [0.5, 0.6) is 0 Å². The molecular formula is C10H4Cl3. The van der Waals surface area contributed by atoms with Crippen LogP contribution in [0.25, 0.3) is 10.8 Å². The van der Waals surface area contributed by atoms with E-state index < -0.39 is 0 Å². The second-order valence-corrected chi connectivity index (χ2v) is 3.91. The number of benzene rings is 2. The Labute approximate surface area is 91.0 Å². The molecule has 0 bridgehead atoms. The topological polar surface area (TPSA) is 0 Å². The Bertz CT molecular complexity index is 463. The molecular weight excluding hydrogens is 226 g/mol. The lowest BCUT2D eigenvalue weighted by Gasteiger charge is -2.01. The Balaban J connectivity index is 2.87. The highest BCUT2D eigenvalue weighted by atomic mass is 35.5. The summed E-state index contributed by atoms with van der Waals surface area (Å²) in [7, 11) is 0. The molecule has 65 valence electrons. The van der Waals surface area contributed by atoms with Crippen molar-refractivity contribution in [3.8, 4) is 0 Å². The Morgan fingerprint density at radius 3 is 2.54 bits per heavy atom. The molecule has 2 rings (SSSR count). The van der Waals surface area contributed by atoms with Gasteiger partial charge in [-0.05, 0) is 23.6 Å². The summed E-state index contributed by atoms with van der Waals surface area (Å²) < 4.78 is 0. The van der Waals surface area contributed by atoms with E-state index in [1.54, 1.807) is 18.2 Å². The zero-order valence-electron chi connectivity index (χ0n) is 6.44. The van der Waals surface area contributed by atoms with E-state index in [1.807, 2.05) is 6.07 Å². The van der Waals surface area contributed by atoms with Crippen LogP contribution in [0.4, 0.5) is 0 Å². The second-order valence-electron chi connectivity index (χ2n) is 2.66. The van der Waals surface area contributed by atoms with Crippen molar-refractivity contribution in [2.45, 2.75) is 0 Å². The number of rotatable bonds is 0. The first kappa shape index (κ1) is 9.14. The van der Waals surface area contributed by atoms with E-state index in [9.17, 15) is 0 Å². The van der Waals surface area contributed by atoms with Gasteiger partial charge in [-0.25, -0.2) is 0 Å². The Morgan fingerprint density at radius 1 is 1.00 bits per heavy atom. The van der Waals surface area contributed by atoms with Gasteiger partial charge in [-0.15, -0.1) is 0 Å². The van der Waals surface area contributed by atoms with Gasteiger partial charge in [0.2, 0.25) is 0 Å². The van der Waals surface area contributed by atoms with Crippen molar-refractivity contribution < 1.29 is 0 Å². The minimum Gasteiger partial charge on any atom is -0.0843 e. The molecule has 0 aliphatic heterocycles. The van der Waals surface area contributed by atoms with Gasteiger partial charge in [0.05, 0.1) is 5.02 Å². The number of hydrogen-bond acceptors (Lipinski definition) is 0. The maximum absolute atomic E-state index is 5.97. The van der Waals surface area contributed by atoms with Gasteiger partial charge in [-0.1, -0.05) is 40.9 Å². The maximum Gasteiger partial charge on any atom is 0.0506 e. The lowest BCUT2D eigenvalue weighted by atomic mass is 10.1. The monoisotopic (exact) mass is 229 g/mol. The lowest BCUT2D eigenvalue weighted by Crippen LogP contribution is -1.75. The molecule has 0 saturated carbocycles. The van der Waals surface area contributed by atoms with Crippen LogP contribution in [0.3, 0.4) is 0 Å². The Hall–Kier alpha value is -0.430. The first-order valence-corrected chi connectivity index (χ1v) is 4.77. The van der Waals surface area contributed by atoms with Crippen LogP contribution in [-0.2, 0) is 0 Å². The summed E-state index contributed by atoms with van der Waals surface area (Å²) >= 11 is 17.6. The van der Waals surface area contributed by atoms with Crippen LogP contribution in [0.15, 0.2) is 24.3 Å². The fraction of sp³-hybridized carbons (Fsp3) is 0. The maximum atomic E-state index is 5.97. The number of halogens is 3. The SMILES string of the molecule is Clc1[c]c2ccc(Cl)cc2c(Cl)c1. The normalized spacial score (nSPS) is 10.7. The third-order valence-corrected chi connectivity index (χ3v) is 2.50. The summed E-state index contributed by atoms with van der Waals surface area (Å²) in [6, 6.07) is 10.1. The van der Waals surface area contributed by atoms with Crippen molar-refractivity contribution >= 4 is 45.6 Å². The van der Waals surface area contributed by atoms with E-state index >= 15 is 0 Å². The molecule has 0 aliphatic rings. The fourth-order valence-electron chi connectivity index (χ4n) is 1.18. The average molecular weight is 231 g/mol. The van der Waals surface area contributed by atoms with Crippen LogP contribution in [-0.4, -0.2) is 0 Å². The Morgan fingerprint density at radius 2 is 1.77 bits per heavy atom. The van der Waals surface area contributed by atoms with Crippen LogP contribution in [0.2, 0.25) is 15.1 Å². The predicted molar refractivity (Wildman–Crippen MR) is 57.8 cm³/mol. The summed E-state index contributed by atoms with van der Waals surface area (Å²) in [5.41, 5.74) is 0. The van der Waals surface area contributed by atoms with Crippen molar-refractivity contribution in [1.29, 1.82) is 0 Å². The summed E-state index contributed by atoms with van der Waals surface area (Å²) in [5.74, 6) is 0. The summed E-state index contributed by atoms with van der Waals surface area (Å²) in [4.78, 5) is 0. The van der Waals surface area contributed by atoms with Crippen molar-refractivity contribution in [2.75, 3.05) is 0 Å². The van der Waals surface area contributed by atoms with E-state index in [0.29, 0.717) is 15.1 Å². The van der Waals surface area contributed by atoms with Gasteiger partial charge in [0, 0.05) is 21.5 Å². The average Bonchev–Trinajstić information content (AvgIpc) is 2.06. The molecule has 0 saturated heterocycles. The first-order valence-electron chi connectivity index (χ1n) is 3.63. The van der Waals surface area contributed by atoms with Gasteiger partial charge in [0.1, 0.15) is 0 Å². The minimum atomic E-state index is 0.514. The van der Waals surface area contributed by atoms with Crippen LogP contribution in [0, 0.1) is 6.07 Å². The van der Waals surface area contributed by atoms with Crippen molar-refractivity contribution in [1.82, 2.24) is 0 Å². The molecule has 0 aliphatic carbocycles. The molecule has 0 nitrogen and oxygen atoms in total. The zero-order chi connectivity index (χ0) is 9.42. The standard InChI is InChI=1S/C10H4Cl3/c11-7-2-1-6-3-8(12)5-10(13)9(6)4-7/h1-2,4-5H. The first-order chi connectivity index (χ1) is 6.16. The molecule has 0 amide bonds. The second kappa shape index (κ2) is 3.38.